The van der Waals surface area contributed by atoms with Gasteiger partial charge in [0.2, 0.25) is 5.91 Å². The van der Waals surface area contributed by atoms with Crippen LogP contribution in [-0.4, -0.2) is 23.7 Å². The summed E-state index contributed by atoms with van der Waals surface area (Å²) in [5, 5.41) is 12.3. The van der Waals surface area contributed by atoms with E-state index in [4.69, 9.17) is 5.11 Å². The van der Waals surface area contributed by atoms with Crippen LogP contribution < -0.4 is 5.32 Å². The SMILES string of the molecule is O=C(NC1CCC(CO)CC1)C1CC1c1ccccc1. The summed E-state index contributed by atoms with van der Waals surface area (Å²) in [6, 6.07) is 10.6. The normalized spacial score (nSPS) is 32.6. The first-order valence-electron chi connectivity index (χ1n) is 7.74. The third kappa shape index (κ3) is 3.04. The predicted octanol–water partition coefficient (Wildman–Crippen LogP) is 2.46. The molecule has 3 rings (SSSR count). The lowest BCUT2D eigenvalue weighted by atomic mass is 9.86. The number of carbonyl (C=O) groups excluding carboxylic acids is 1. The largest absolute Gasteiger partial charge is 0.396 e. The van der Waals surface area contributed by atoms with E-state index >= 15 is 0 Å². The molecule has 2 unspecified atom stereocenters. The number of amides is 1. The molecular formula is C17H23NO2. The van der Waals surface area contributed by atoms with Gasteiger partial charge in [-0.05, 0) is 49.5 Å². The van der Waals surface area contributed by atoms with E-state index in [9.17, 15) is 4.79 Å². The molecule has 3 nitrogen and oxygen atoms in total. The first-order valence-corrected chi connectivity index (χ1v) is 7.74. The van der Waals surface area contributed by atoms with E-state index in [1.54, 1.807) is 0 Å². The van der Waals surface area contributed by atoms with Gasteiger partial charge >= 0.3 is 0 Å². The second kappa shape index (κ2) is 5.96. The van der Waals surface area contributed by atoms with E-state index < -0.39 is 0 Å². The molecule has 0 spiro atoms. The first kappa shape index (κ1) is 13.6. The maximum absolute atomic E-state index is 12.2. The predicted molar refractivity (Wildman–Crippen MR) is 78.3 cm³/mol. The Hall–Kier alpha value is -1.35. The van der Waals surface area contributed by atoms with Gasteiger partial charge in [0, 0.05) is 18.6 Å². The van der Waals surface area contributed by atoms with Gasteiger partial charge in [0.15, 0.2) is 0 Å². The van der Waals surface area contributed by atoms with Crippen LogP contribution in [0.3, 0.4) is 0 Å². The number of rotatable bonds is 4. The van der Waals surface area contributed by atoms with E-state index in [-0.39, 0.29) is 11.8 Å². The summed E-state index contributed by atoms with van der Waals surface area (Å²) >= 11 is 0. The number of hydrogen-bond donors (Lipinski definition) is 2. The summed E-state index contributed by atoms with van der Waals surface area (Å²) in [6.07, 6.45) is 5.09. The van der Waals surface area contributed by atoms with Gasteiger partial charge in [-0.1, -0.05) is 30.3 Å². The average Bonchev–Trinajstić information content (AvgIpc) is 3.29. The van der Waals surface area contributed by atoms with Gasteiger partial charge in [-0.2, -0.15) is 0 Å². The van der Waals surface area contributed by atoms with E-state index in [1.807, 2.05) is 18.2 Å². The number of aliphatic hydroxyl groups is 1. The van der Waals surface area contributed by atoms with E-state index in [0.717, 1.165) is 32.1 Å². The summed E-state index contributed by atoms with van der Waals surface area (Å²) in [6.45, 7) is 0.291. The highest BCUT2D eigenvalue weighted by Crippen LogP contribution is 2.47. The van der Waals surface area contributed by atoms with Gasteiger partial charge in [0.1, 0.15) is 0 Å². The highest BCUT2D eigenvalue weighted by atomic mass is 16.3. The van der Waals surface area contributed by atoms with Crippen LogP contribution in [0, 0.1) is 11.8 Å². The highest BCUT2D eigenvalue weighted by molar-refractivity contribution is 5.83. The van der Waals surface area contributed by atoms with Crippen LogP contribution in [0.2, 0.25) is 0 Å². The van der Waals surface area contributed by atoms with Crippen molar-refractivity contribution < 1.29 is 9.90 Å². The van der Waals surface area contributed by atoms with E-state index in [2.05, 4.69) is 17.4 Å². The molecule has 1 amide bonds. The lowest BCUT2D eigenvalue weighted by Gasteiger charge is -2.28. The quantitative estimate of drug-likeness (QED) is 0.885. The monoisotopic (exact) mass is 273 g/mol. The molecule has 0 aliphatic heterocycles. The van der Waals surface area contributed by atoms with Gasteiger partial charge < -0.3 is 10.4 Å². The van der Waals surface area contributed by atoms with Gasteiger partial charge in [0.05, 0.1) is 0 Å². The smallest absolute Gasteiger partial charge is 0.223 e. The summed E-state index contributed by atoms with van der Waals surface area (Å²) < 4.78 is 0. The Morgan fingerprint density at radius 1 is 1.15 bits per heavy atom. The Bertz CT molecular complexity index is 451. The molecule has 2 atom stereocenters. The Morgan fingerprint density at radius 2 is 1.85 bits per heavy atom. The van der Waals surface area contributed by atoms with Crippen LogP contribution in [0.25, 0.3) is 0 Å². The van der Waals surface area contributed by atoms with Crippen molar-refractivity contribution in [1.82, 2.24) is 5.32 Å². The maximum Gasteiger partial charge on any atom is 0.223 e. The number of benzene rings is 1. The molecule has 2 aliphatic rings. The maximum atomic E-state index is 12.2. The van der Waals surface area contributed by atoms with Crippen LogP contribution in [0.1, 0.15) is 43.6 Å². The lowest BCUT2D eigenvalue weighted by molar-refractivity contribution is -0.123. The molecule has 2 fully saturated rings. The molecule has 1 aromatic carbocycles. The standard InChI is InChI=1S/C17H23NO2/c19-11-12-6-8-14(9-7-12)18-17(20)16-10-15(16)13-4-2-1-3-5-13/h1-5,12,14-16,19H,6-11H2,(H,18,20). The van der Waals surface area contributed by atoms with Crippen molar-refractivity contribution >= 4 is 5.91 Å². The highest BCUT2D eigenvalue weighted by Gasteiger charge is 2.44. The summed E-state index contributed by atoms with van der Waals surface area (Å²) in [5.41, 5.74) is 1.29. The minimum atomic E-state index is 0.174. The molecule has 0 aromatic heterocycles. The lowest BCUT2D eigenvalue weighted by Crippen LogP contribution is -2.39. The van der Waals surface area contributed by atoms with E-state index in [0.29, 0.717) is 24.5 Å². The number of nitrogens with one attached hydrogen (secondary N) is 1. The van der Waals surface area contributed by atoms with Gasteiger partial charge in [-0.15, -0.1) is 0 Å². The third-order valence-corrected chi connectivity index (χ3v) is 4.81. The van der Waals surface area contributed by atoms with E-state index in [1.165, 1.54) is 5.56 Å². The third-order valence-electron chi connectivity index (χ3n) is 4.81. The summed E-state index contributed by atoms with van der Waals surface area (Å²) in [4.78, 5) is 12.2. The second-order valence-corrected chi connectivity index (χ2v) is 6.27. The second-order valence-electron chi connectivity index (χ2n) is 6.27. The zero-order chi connectivity index (χ0) is 13.9. The Kier molecular flexibility index (Phi) is 4.06. The number of carbonyl (C=O) groups is 1. The van der Waals surface area contributed by atoms with Crippen molar-refractivity contribution in [3.05, 3.63) is 35.9 Å². The first-order chi connectivity index (χ1) is 9.78. The molecule has 2 aliphatic carbocycles. The van der Waals surface area contributed by atoms with Gasteiger partial charge in [-0.25, -0.2) is 0 Å². The molecule has 2 saturated carbocycles. The molecule has 0 heterocycles. The van der Waals surface area contributed by atoms with Crippen LogP contribution in [0.15, 0.2) is 30.3 Å². The zero-order valence-corrected chi connectivity index (χ0v) is 11.8. The fourth-order valence-electron chi connectivity index (χ4n) is 3.35. The zero-order valence-electron chi connectivity index (χ0n) is 11.8. The number of hydrogen-bond acceptors (Lipinski definition) is 2. The Labute approximate surface area is 120 Å². The van der Waals surface area contributed by atoms with Crippen molar-refractivity contribution in [3.63, 3.8) is 0 Å². The molecule has 0 saturated heterocycles. The van der Waals surface area contributed by atoms with Gasteiger partial charge in [-0.3, -0.25) is 4.79 Å². The molecule has 108 valence electrons. The fourth-order valence-corrected chi connectivity index (χ4v) is 3.35. The number of aliphatic hydroxyl groups excluding tert-OH is 1. The summed E-state index contributed by atoms with van der Waals surface area (Å²) in [5.74, 6) is 1.27. The van der Waals surface area contributed by atoms with Crippen LogP contribution in [0.4, 0.5) is 0 Å². The average molecular weight is 273 g/mol. The van der Waals surface area contributed by atoms with Gasteiger partial charge in [0.25, 0.3) is 0 Å². The molecule has 3 heteroatoms. The van der Waals surface area contributed by atoms with Crippen LogP contribution >= 0.6 is 0 Å². The van der Waals surface area contributed by atoms with Crippen LogP contribution in [-0.2, 0) is 4.79 Å². The van der Waals surface area contributed by atoms with Crippen molar-refractivity contribution in [2.24, 2.45) is 11.8 Å². The van der Waals surface area contributed by atoms with Crippen LogP contribution in [0.5, 0.6) is 0 Å². The Balaban J connectivity index is 1.47. The summed E-state index contributed by atoms with van der Waals surface area (Å²) in [7, 11) is 0. The molecule has 0 radical (unpaired) electrons. The molecule has 0 bridgehead atoms. The Morgan fingerprint density at radius 3 is 2.50 bits per heavy atom. The van der Waals surface area contributed by atoms with Crippen molar-refractivity contribution in [2.45, 2.75) is 44.1 Å². The molecule has 2 N–H and O–H groups in total. The molecular weight excluding hydrogens is 250 g/mol. The fraction of sp³-hybridized carbons (Fsp3) is 0.588. The minimum absolute atomic E-state index is 0.174. The van der Waals surface area contributed by atoms with Crippen molar-refractivity contribution in [2.75, 3.05) is 6.61 Å². The molecule has 20 heavy (non-hydrogen) atoms. The minimum Gasteiger partial charge on any atom is -0.396 e. The van der Waals surface area contributed by atoms with Crippen molar-refractivity contribution in [3.8, 4) is 0 Å². The van der Waals surface area contributed by atoms with Crippen molar-refractivity contribution in [1.29, 1.82) is 0 Å². The molecule has 1 aromatic rings. The topological polar surface area (TPSA) is 49.3 Å².